The van der Waals surface area contributed by atoms with E-state index in [9.17, 15) is 139 Å². The fraction of sp³-hybridized carbons (Fsp3) is 0.682. The minimum absolute atomic E-state index is 0.0472. The first-order valence-electron chi connectivity index (χ1n) is 22.3. The van der Waals surface area contributed by atoms with Crippen LogP contribution in [0, 0.1) is 82.9 Å². The monoisotopic (exact) mass is 1040 g/mol. The van der Waals surface area contributed by atoms with Gasteiger partial charge in [0.2, 0.25) is 0 Å². The van der Waals surface area contributed by atoms with Crippen molar-refractivity contribution in [3.05, 3.63) is 0 Å². The van der Waals surface area contributed by atoms with Gasteiger partial charge in [-0.15, -0.1) is 0 Å². The fourth-order valence-corrected chi connectivity index (χ4v) is 8.67. The summed E-state index contributed by atoms with van der Waals surface area (Å²) in [6.45, 7) is 2.56. The summed E-state index contributed by atoms with van der Waals surface area (Å²) in [5.41, 5.74) is 0. The molecule has 28 nitrogen and oxygen atoms in total. The summed E-state index contributed by atoms with van der Waals surface area (Å²) in [5.74, 6) is -49.5. The number of aliphatic carboxylic acids is 14. The second-order valence-corrected chi connectivity index (χ2v) is 18.2. The van der Waals surface area contributed by atoms with Crippen LogP contribution >= 0.6 is 0 Å². The molecule has 0 aliphatic heterocycles. The first kappa shape index (κ1) is 64.6. The van der Waals surface area contributed by atoms with E-state index in [1.807, 2.05) is 0 Å². The Morgan fingerprint density at radius 1 is 0.208 bits per heavy atom. The lowest BCUT2D eigenvalue weighted by Crippen LogP contribution is -2.34. The summed E-state index contributed by atoms with van der Waals surface area (Å²) in [6, 6.07) is 0. The molecule has 0 rings (SSSR count). The van der Waals surface area contributed by atoms with Crippen LogP contribution in [-0.2, 0) is 67.1 Å². The maximum absolute atomic E-state index is 12.5. The van der Waals surface area contributed by atoms with Gasteiger partial charge in [-0.25, -0.2) is 0 Å². The third kappa shape index (κ3) is 22.6. The Hall–Kier alpha value is -7.42. The van der Waals surface area contributed by atoms with E-state index in [1.54, 1.807) is 0 Å². The number of carbonyl (C=O) groups is 14. The lowest BCUT2D eigenvalue weighted by molar-refractivity contribution is -0.154. The molecule has 0 bridgehead atoms. The SMILES string of the molecule is CCC(CC(CC(CC(CC(CC(CC(CC(CC(CC(CC(CC(CC(CC(C)C(=O)O)C(=O)O)C(=O)O)C(=O)O)C(=O)O)C(=O)O)C(=O)O)C(=O)O)C(=O)O)C(=O)O)C(=O)O)C(=O)O)C(=O)O)C(=O)O. The van der Waals surface area contributed by atoms with Gasteiger partial charge < -0.3 is 71.5 Å². The van der Waals surface area contributed by atoms with Gasteiger partial charge >= 0.3 is 83.6 Å². The molecule has 406 valence electrons. The van der Waals surface area contributed by atoms with E-state index in [-0.39, 0.29) is 6.42 Å². The maximum atomic E-state index is 12.5. The number of carboxylic acid groups (broad SMARTS) is 14. The van der Waals surface area contributed by atoms with Gasteiger partial charge in [-0.05, 0) is 89.9 Å². The lowest BCUT2D eigenvalue weighted by atomic mass is 9.76. The average molecular weight is 1040 g/mol. The summed E-state index contributed by atoms with van der Waals surface area (Å²) in [5, 5.41) is 138. The van der Waals surface area contributed by atoms with Crippen LogP contribution in [0.25, 0.3) is 0 Å². The van der Waals surface area contributed by atoms with Crippen LogP contribution in [0.2, 0.25) is 0 Å². The number of rotatable bonds is 41. The Morgan fingerprint density at radius 2 is 0.319 bits per heavy atom. The van der Waals surface area contributed by atoms with Gasteiger partial charge in [-0.1, -0.05) is 13.8 Å². The predicted octanol–water partition coefficient (Wildman–Crippen LogP) is 2.30. The maximum Gasteiger partial charge on any atom is 0.306 e. The Morgan fingerprint density at radius 3 is 0.417 bits per heavy atom. The van der Waals surface area contributed by atoms with Crippen LogP contribution in [0.15, 0.2) is 0 Å². The van der Waals surface area contributed by atoms with Crippen LogP contribution in [0.1, 0.15) is 104 Å². The van der Waals surface area contributed by atoms with Crippen molar-refractivity contribution in [3.8, 4) is 0 Å². The van der Waals surface area contributed by atoms with Gasteiger partial charge in [-0.3, -0.25) is 67.1 Å². The second kappa shape index (κ2) is 30.3. The summed E-state index contributed by atoms with van der Waals surface area (Å²) in [6.07, 6.45) is -11.9. The Bertz CT molecular complexity index is 2010. The largest absolute Gasteiger partial charge is 0.481 e. The van der Waals surface area contributed by atoms with Gasteiger partial charge in [-0.2, -0.15) is 0 Å². The van der Waals surface area contributed by atoms with Crippen molar-refractivity contribution >= 4 is 83.6 Å². The van der Waals surface area contributed by atoms with Crippen molar-refractivity contribution in [1.82, 2.24) is 0 Å². The van der Waals surface area contributed by atoms with E-state index in [4.69, 9.17) is 0 Å². The molecule has 14 N–H and O–H groups in total. The summed E-state index contributed by atoms with van der Waals surface area (Å²) in [4.78, 5) is 170. The summed E-state index contributed by atoms with van der Waals surface area (Å²) >= 11 is 0. The molecule has 0 heterocycles. The van der Waals surface area contributed by atoms with Crippen molar-refractivity contribution in [2.24, 2.45) is 82.9 Å². The van der Waals surface area contributed by atoms with Crippen molar-refractivity contribution < 1.29 is 139 Å². The van der Waals surface area contributed by atoms with E-state index in [2.05, 4.69) is 0 Å². The minimum Gasteiger partial charge on any atom is -0.481 e. The Kier molecular flexibility index (Phi) is 27.2. The van der Waals surface area contributed by atoms with Crippen LogP contribution in [0.4, 0.5) is 0 Å². The van der Waals surface area contributed by atoms with Gasteiger partial charge in [0.15, 0.2) is 0 Å². The third-order valence-corrected chi connectivity index (χ3v) is 12.9. The van der Waals surface area contributed by atoms with Crippen LogP contribution in [0.5, 0.6) is 0 Å². The van der Waals surface area contributed by atoms with Crippen LogP contribution in [0.3, 0.4) is 0 Å². The van der Waals surface area contributed by atoms with Crippen LogP contribution < -0.4 is 0 Å². The second-order valence-electron chi connectivity index (χ2n) is 18.2. The van der Waals surface area contributed by atoms with Gasteiger partial charge in [0, 0.05) is 0 Å². The molecule has 0 aliphatic rings. The zero-order valence-corrected chi connectivity index (χ0v) is 39.0. The minimum atomic E-state index is -2.04. The van der Waals surface area contributed by atoms with Gasteiger partial charge in [0.05, 0.1) is 82.9 Å². The molecular weight excluding hydrogens is 976 g/mol. The molecule has 0 amide bonds. The van der Waals surface area contributed by atoms with E-state index in [1.165, 1.54) is 6.92 Å². The molecule has 72 heavy (non-hydrogen) atoms. The highest BCUT2D eigenvalue weighted by Gasteiger charge is 2.41. The first-order valence-corrected chi connectivity index (χ1v) is 22.3. The predicted molar refractivity (Wildman–Crippen MR) is 232 cm³/mol. The van der Waals surface area contributed by atoms with Crippen molar-refractivity contribution in [2.45, 2.75) is 104 Å². The molecule has 28 heteroatoms. The van der Waals surface area contributed by atoms with Gasteiger partial charge in [0.25, 0.3) is 0 Å². The van der Waals surface area contributed by atoms with E-state index < -0.39 is 250 Å². The molecule has 0 aromatic heterocycles. The summed E-state index contributed by atoms with van der Waals surface area (Å²) in [7, 11) is 0. The molecule has 14 unspecified atom stereocenters. The number of hydrogen-bond acceptors (Lipinski definition) is 14. The molecule has 0 saturated carbocycles. The van der Waals surface area contributed by atoms with Crippen molar-refractivity contribution in [3.63, 3.8) is 0 Å². The molecular formula is C44H62O28. The van der Waals surface area contributed by atoms with Gasteiger partial charge in [0.1, 0.15) is 0 Å². The quantitative estimate of drug-likeness (QED) is 0.0418. The number of hydrogen-bond donors (Lipinski definition) is 14. The highest BCUT2D eigenvalue weighted by molar-refractivity contribution is 5.81. The molecule has 0 aromatic rings. The molecule has 0 radical (unpaired) electrons. The summed E-state index contributed by atoms with van der Waals surface area (Å²) < 4.78 is 0. The zero-order chi connectivity index (χ0) is 56.1. The Labute approximate surface area is 408 Å². The zero-order valence-electron chi connectivity index (χ0n) is 39.0. The highest BCUT2D eigenvalue weighted by atomic mass is 16.4. The molecule has 0 fully saturated rings. The van der Waals surface area contributed by atoms with Crippen molar-refractivity contribution in [1.29, 1.82) is 0 Å². The van der Waals surface area contributed by atoms with Crippen LogP contribution in [-0.4, -0.2) is 155 Å². The van der Waals surface area contributed by atoms with E-state index >= 15 is 0 Å². The van der Waals surface area contributed by atoms with Crippen molar-refractivity contribution in [2.75, 3.05) is 0 Å². The van der Waals surface area contributed by atoms with E-state index in [0.29, 0.717) is 0 Å². The molecule has 0 spiro atoms. The third-order valence-electron chi connectivity index (χ3n) is 12.9. The standard InChI is InChI=1S/C44H62O28/c1-3-18(32(47)48)5-20(34(51)52)7-22(36(55)56)9-24(38(59)60)11-26(40(63)64)13-28(42(67)68)15-30(44(71)72)16-29(43(69)70)14-27(41(65)66)12-25(39(61)62)10-23(37(57)58)8-21(35(53)54)6-19(33(49)50)4-17(2)31(45)46/h17-30H,3-16H2,1-2H3,(H,45,46)(H,47,48)(H,49,50)(H,51,52)(H,53,54)(H,55,56)(H,57,58)(H,59,60)(H,61,62)(H,63,64)(H,65,66)(H,67,68)(H,69,70)(H,71,72). The molecule has 0 aliphatic carbocycles. The highest BCUT2D eigenvalue weighted by Crippen LogP contribution is 2.36. The van der Waals surface area contributed by atoms with E-state index in [0.717, 1.165) is 6.92 Å². The Balaban J connectivity index is 6.60. The number of carboxylic acids is 14. The topological polar surface area (TPSA) is 522 Å². The molecule has 14 atom stereocenters. The molecule has 0 aromatic carbocycles. The first-order chi connectivity index (χ1) is 33.1. The fourth-order valence-electron chi connectivity index (χ4n) is 8.67. The lowest BCUT2D eigenvalue weighted by Gasteiger charge is -2.27. The molecule has 0 saturated heterocycles. The normalized spacial score (nSPS) is 17.2. The smallest absolute Gasteiger partial charge is 0.306 e. The average Bonchev–Trinajstić information content (AvgIpc) is 3.24.